The van der Waals surface area contributed by atoms with Crippen LogP contribution in [0.5, 0.6) is 0 Å². The predicted octanol–water partition coefficient (Wildman–Crippen LogP) is 5.56. The summed E-state index contributed by atoms with van der Waals surface area (Å²) < 4.78 is 0. The Hall–Kier alpha value is -3.67. The van der Waals surface area contributed by atoms with Gasteiger partial charge in [0.2, 0.25) is 0 Å². The minimum atomic E-state index is -0.243. The Bertz CT molecular complexity index is 1260. The van der Waals surface area contributed by atoms with Gasteiger partial charge in [0.15, 0.2) is 5.78 Å². The van der Waals surface area contributed by atoms with Crippen LogP contribution in [0, 0.1) is 12.3 Å². The second-order valence-electron chi connectivity index (χ2n) is 9.96. The van der Waals surface area contributed by atoms with E-state index in [1.807, 2.05) is 56.3 Å². The summed E-state index contributed by atoms with van der Waals surface area (Å²) in [5.41, 5.74) is 4.75. The maximum absolute atomic E-state index is 13.4. The number of H-pyrrole nitrogens is 1. The van der Waals surface area contributed by atoms with E-state index in [2.05, 4.69) is 24.1 Å². The van der Waals surface area contributed by atoms with Crippen LogP contribution in [0.3, 0.4) is 0 Å². The van der Waals surface area contributed by atoms with Gasteiger partial charge in [-0.1, -0.05) is 44.2 Å². The van der Waals surface area contributed by atoms with Crippen molar-refractivity contribution in [3.63, 3.8) is 0 Å². The SMILES string of the molecule is Cc1c(C(=O)N(C)C(C)c2cccc(NC(=O)c3ccccc3)c2)[nH]c2c1C(=O)CC(C)(C)C2. The van der Waals surface area contributed by atoms with Gasteiger partial charge in [-0.05, 0) is 61.1 Å². The summed E-state index contributed by atoms with van der Waals surface area (Å²) in [5, 5.41) is 2.92. The van der Waals surface area contributed by atoms with Crippen molar-refractivity contribution in [2.75, 3.05) is 12.4 Å². The van der Waals surface area contributed by atoms with Crippen LogP contribution in [0.1, 0.15) is 81.3 Å². The summed E-state index contributed by atoms with van der Waals surface area (Å²) in [6, 6.07) is 16.3. The molecular weight excluding hydrogens is 426 g/mol. The van der Waals surface area contributed by atoms with E-state index >= 15 is 0 Å². The van der Waals surface area contributed by atoms with Crippen LogP contribution in [-0.4, -0.2) is 34.5 Å². The molecule has 176 valence electrons. The van der Waals surface area contributed by atoms with Crippen molar-refractivity contribution in [2.24, 2.45) is 5.41 Å². The fourth-order valence-corrected chi connectivity index (χ4v) is 4.69. The number of carbonyl (C=O) groups is 3. The Morgan fingerprint density at radius 3 is 2.47 bits per heavy atom. The molecule has 0 saturated carbocycles. The second-order valence-corrected chi connectivity index (χ2v) is 9.96. The number of hydrogen-bond acceptors (Lipinski definition) is 3. The molecule has 1 aromatic heterocycles. The number of carbonyl (C=O) groups excluding carboxylic acids is 3. The van der Waals surface area contributed by atoms with Crippen LogP contribution in [0.15, 0.2) is 54.6 Å². The van der Waals surface area contributed by atoms with Gasteiger partial charge in [0.05, 0.1) is 6.04 Å². The van der Waals surface area contributed by atoms with Crippen molar-refractivity contribution >= 4 is 23.3 Å². The molecule has 0 saturated heterocycles. The van der Waals surface area contributed by atoms with Gasteiger partial charge in [-0.2, -0.15) is 0 Å². The number of aromatic nitrogens is 1. The summed E-state index contributed by atoms with van der Waals surface area (Å²) >= 11 is 0. The number of fused-ring (bicyclic) bond motifs is 1. The van der Waals surface area contributed by atoms with Gasteiger partial charge >= 0.3 is 0 Å². The van der Waals surface area contributed by atoms with Gasteiger partial charge < -0.3 is 15.2 Å². The zero-order chi connectivity index (χ0) is 24.6. The summed E-state index contributed by atoms with van der Waals surface area (Å²) in [6.45, 7) is 7.94. The van der Waals surface area contributed by atoms with Crippen molar-refractivity contribution in [3.8, 4) is 0 Å². The molecule has 1 atom stereocenters. The number of ketones is 1. The minimum absolute atomic E-state index is 0.0941. The lowest BCUT2D eigenvalue weighted by Crippen LogP contribution is -2.30. The van der Waals surface area contributed by atoms with Crippen molar-refractivity contribution in [3.05, 3.63) is 88.2 Å². The number of anilines is 1. The molecule has 1 unspecified atom stereocenters. The molecule has 6 nitrogen and oxygen atoms in total. The first kappa shape index (κ1) is 23.5. The number of Topliss-reactive ketones (excluding diaryl/α,β-unsaturated/α-hetero) is 1. The van der Waals surface area contributed by atoms with E-state index < -0.39 is 0 Å². The van der Waals surface area contributed by atoms with E-state index in [9.17, 15) is 14.4 Å². The highest BCUT2D eigenvalue weighted by Crippen LogP contribution is 2.37. The van der Waals surface area contributed by atoms with E-state index in [1.54, 1.807) is 24.1 Å². The fraction of sp³-hybridized carbons (Fsp3) is 0.321. The van der Waals surface area contributed by atoms with Gasteiger partial charge in [-0.25, -0.2) is 0 Å². The Morgan fingerprint density at radius 1 is 1.06 bits per heavy atom. The van der Waals surface area contributed by atoms with Crippen LogP contribution in [0.4, 0.5) is 5.69 Å². The van der Waals surface area contributed by atoms with Crippen molar-refractivity contribution in [1.29, 1.82) is 0 Å². The second kappa shape index (κ2) is 8.93. The third-order valence-electron chi connectivity index (χ3n) is 6.68. The molecule has 0 fully saturated rings. The molecule has 0 aliphatic heterocycles. The Labute approximate surface area is 200 Å². The predicted molar refractivity (Wildman–Crippen MR) is 133 cm³/mol. The molecule has 2 aromatic carbocycles. The number of nitrogens with one attached hydrogen (secondary N) is 2. The van der Waals surface area contributed by atoms with Crippen molar-refractivity contribution in [1.82, 2.24) is 9.88 Å². The average molecular weight is 458 g/mol. The average Bonchev–Trinajstić information content (AvgIpc) is 3.13. The van der Waals surface area contributed by atoms with E-state index in [0.717, 1.165) is 23.2 Å². The molecule has 1 aliphatic rings. The Morgan fingerprint density at radius 2 is 1.76 bits per heavy atom. The quantitative estimate of drug-likeness (QED) is 0.526. The number of hydrogen-bond donors (Lipinski definition) is 2. The lowest BCUT2D eigenvalue weighted by Gasteiger charge is -2.28. The Balaban J connectivity index is 1.54. The molecule has 2 amide bonds. The largest absolute Gasteiger partial charge is 0.354 e. The highest BCUT2D eigenvalue weighted by atomic mass is 16.2. The van der Waals surface area contributed by atoms with Crippen molar-refractivity contribution < 1.29 is 14.4 Å². The fourth-order valence-electron chi connectivity index (χ4n) is 4.69. The molecule has 34 heavy (non-hydrogen) atoms. The van der Waals surface area contributed by atoms with Gasteiger partial charge in [0.1, 0.15) is 5.69 Å². The molecule has 0 radical (unpaired) electrons. The van der Waals surface area contributed by atoms with Gasteiger partial charge in [-0.3, -0.25) is 14.4 Å². The van der Waals surface area contributed by atoms with Gasteiger partial charge in [0, 0.05) is 36.0 Å². The molecule has 6 heteroatoms. The summed E-state index contributed by atoms with van der Waals surface area (Å²) in [4.78, 5) is 43.6. The molecule has 0 spiro atoms. The summed E-state index contributed by atoms with van der Waals surface area (Å²) in [5.74, 6) is -0.254. The molecule has 1 heterocycles. The standard InChI is InChI=1S/C28H31N3O3/c1-17-24-22(15-28(3,4)16-23(24)32)30-25(17)27(34)31(5)18(2)20-12-9-13-21(14-20)29-26(33)19-10-7-6-8-11-19/h6-14,18,30H,15-16H2,1-5H3,(H,29,33). The van der Waals surface area contributed by atoms with Crippen LogP contribution in [-0.2, 0) is 6.42 Å². The van der Waals surface area contributed by atoms with E-state index in [-0.39, 0.29) is 29.1 Å². The topological polar surface area (TPSA) is 82.3 Å². The number of nitrogens with zero attached hydrogens (tertiary/aromatic N) is 1. The first-order chi connectivity index (χ1) is 16.1. The number of rotatable bonds is 5. The van der Waals surface area contributed by atoms with Gasteiger partial charge in [-0.15, -0.1) is 0 Å². The highest BCUT2D eigenvalue weighted by Gasteiger charge is 2.36. The van der Waals surface area contributed by atoms with Crippen molar-refractivity contribution in [2.45, 2.75) is 46.6 Å². The summed E-state index contributed by atoms with van der Waals surface area (Å²) in [6.07, 6.45) is 1.23. The smallest absolute Gasteiger partial charge is 0.270 e. The Kier molecular flexibility index (Phi) is 6.17. The lowest BCUT2D eigenvalue weighted by atomic mass is 9.75. The molecular formula is C28H31N3O3. The third-order valence-corrected chi connectivity index (χ3v) is 6.68. The third kappa shape index (κ3) is 4.53. The lowest BCUT2D eigenvalue weighted by molar-refractivity contribution is 0.0736. The number of benzene rings is 2. The van der Waals surface area contributed by atoms with E-state index in [1.165, 1.54) is 0 Å². The molecule has 1 aliphatic carbocycles. The number of aromatic amines is 1. The first-order valence-corrected chi connectivity index (χ1v) is 11.6. The van der Waals surface area contributed by atoms with Crippen LogP contribution >= 0.6 is 0 Å². The molecule has 4 rings (SSSR count). The minimum Gasteiger partial charge on any atom is -0.354 e. The molecule has 3 aromatic rings. The first-order valence-electron chi connectivity index (χ1n) is 11.6. The van der Waals surface area contributed by atoms with Gasteiger partial charge in [0.25, 0.3) is 11.8 Å². The molecule has 2 N–H and O–H groups in total. The van der Waals surface area contributed by atoms with Crippen LogP contribution in [0.2, 0.25) is 0 Å². The maximum atomic E-state index is 13.4. The highest BCUT2D eigenvalue weighted by molar-refractivity contribution is 6.05. The maximum Gasteiger partial charge on any atom is 0.270 e. The normalized spacial score (nSPS) is 15.4. The van der Waals surface area contributed by atoms with Crippen LogP contribution in [0.25, 0.3) is 0 Å². The zero-order valence-electron chi connectivity index (χ0n) is 20.4. The number of amides is 2. The monoisotopic (exact) mass is 457 g/mol. The van der Waals surface area contributed by atoms with Crippen LogP contribution < -0.4 is 5.32 Å². The van der Waals surface area contributed by atoms with E-state index in [4.69, 9.17) is 0 Å². The molecule has 0 bridgehead atoms. The zero-order valence-corrected chi connectivity index (χ0v) is 20.4. The summed E-state index contributed by atoms with van der Waals surface area (Å²) in [7, 11) is 1.76. The van der Waals surface area contributed by atoms with E-state index in [0.29, 0.717) is 28.9 Å².